The van der Waals surface area contributed by atoms with E-state index in [9.17, 15) is 27.9 Å². The monoisotopic (exact) mass is 468 g/mol. The molecule has 33 heavy (non-hydrogen) atoms. The maximum Gasteiger partial charge on any atom is 0.434 e. The van der Waals surface area contributed by atoms with Crippen molar-refractivity contribution in [1.29, 1.82) is 0 Å². The first-order valence-electron chi connectivity index (χ1n) is 11.4. The van der Waals surface area contributed by atoms with Crippen LogP contribution in [0.4, 0.5) is 13.2 Å². The molecule has 3 N–H and O–H groups in total. The lowest BCUT2D eigenvalue weighted by Crippen LogP contribution is -2.60. The van der Waals surface area contributed by atoms with Gasteiger partial charge in [-0.25, -0.2) is 4.68 Å². The Labute approximate surface area is 190 Å². The third-order valence-corrected chi connectivity index (χ3v) is 7.79. The Morgan fingerprint density at radius 3 is 2.42 bits per heavy atom. The first-order chi connectivity index (χ1) is 15.4. The Hall–Kier alpha value is -2.36. The van der Waals surface area contributed by atoms with Crippen LogP contribution in [0.5, 0.6) is 0 Å². The molecule has 2 atom stereocenters. The number of aromatic nitrogens is 2. The van der Waals surface area contributed by atoms with Crippen molar-refractivity contribution in [2.45, 2.75) is 58.2 Å². The molecule has 2 unspecified atom stereocenters. The van der Waals surface area contributed by atoms with Gasteiger partial charge in [0.1, 0.15) is 0 Å². The summed E-state index contributed by atoms with van der Waals surface area (Å²) in [5.41, 5.74) is -2.85. The Morgan fingerprint density at radius 1 is 1.24 bits per heavy atom. The largest absolute Gasteiger partial charge is 0.434 e. The van der Waals surface area contributed by atoms with Crippen LogP contribution in [0.1, 0.15) is 62.0 Å². The second-order valence-electron chi connectivity index (χ2n) is 10.6. The summed E-state index contributed by atoms with van der Waals surface area (Å²) in [6.07, 6.45) is 2.98. The zero-order valence-electron chi connectivity index (χ0n) is 19.1. The van der Waals surface area contributed by atoms with Crippen molar-refractivity contribution in [2.24, 2.45) is 28.6 Å². The zero-order chi connectivity index (χ0) is 24.2. The van der Waals surface area contributed by atoms with E-state index in [1.54, 1.807) is 13.8 Å². The third kappa shape index (κ3) is 4.29. The molecule has 1 aromatic rings. The number of nitrogens with one attached hydrogen (secondary N) is 2. The molecule has 5 rings (SSSR count). The Bertz CT molecular complexity index is 953. The van der Waals surface area contributed by atoms with Crippen LogP contribution < -0.4 is 10.6 Å². The molecule has 4 fully saturated rings. The van der Waals surface area contributed by atoms with Crippen LogP contribution in [0.25, 0.3) is 6.20 Å². The summed E-state index contributed by atoms with van der Waals surface area (Å²) in [7, 11) is 1.45. The maximum absolute atomic E-state index is 13.9. The lowest BCUT2D eigenvalue weighted by molar-refractivity contribution is -0.142. The van der Waals surface area contributed by atoms with Crippen molar-refractivity contribution >= 4 is 18.0 Å². The molecule has 0 aliphatic heterocycles. The number of carbonyl (C=O) groups excluding carboxylic acids is 2. The Morgan fingerprint density at radius 2 is 1.88 bits per heavy atom. The van der Waals surface area contributed by atoms with Crippen LogP contribution in [-0.4, -0.2) is 46.4 Å². The van der Waals surface area contributed by atoms with Gasteiger partial charge in [0.15, 0.2) is 5.69 Å². The number of aliphatic hydroxyl groups excluding tert-OH is 1. The topological polar surface area (TPSA) is 96.2 Å². The van der Waals surface area contributed by atoms with Gasteiger partial charge in [0.25, 0.3) is 5.91 Å². The van der Waals surface area contributed by atoms with Crippen molar-refractivity contribution in [2.75, 3.05) is 13.7 Å². The van der Waals surface area contributed by atoms with E-state index in [0.29, 0.717) is 10.6 Å². The van der Waals surface area contributed by atoms with Gasteiger partial charge in [0.05, 0.1) is 17.2 Å². The van der Waals surface area contributed by atoms with Crippen molar-refractivity contribution < 1.29 is 27.9 Å². The third-order valence-electron chi connectivity index (χ3n) is 7.79. The molecule has 1 heterocycles. The summed E-state index contributed by atoms with van der Waals surface area (Å²) in [5, 5.41) is 19.0. The number of amides is 2. The van der Waals surface area contributed by atoms with Crippen LogP contribution in [0.3, 0.4) is 0 Å². The fourth-order valence-corrected chi connectivity index (χ4v) is 6.43. The molecule has 4 saturated carbocycles. The molecule has 0 spiro atoms. The number of carbonyl (C=O) groups is 2. The van der Waals surface area contributed by atoms with Gasteiger partial charge >= 0.3 is 6.18 Å². The quantitative estimate of drug-likeness (QED) is 0.598. The molecule has 0 aromatic carbocycles. The number of aliphatic hydroxyl groups is 1. The highest BCUT2D eigenvalue weighted by molar-refractivity contribution is 5.95. The Balaban J connectivity index is 1.57. The Kier molecular flexibility index (Phi) is 5.87. The van der Waals surface area contributed by atoms with E-state index in [-0.39, 0.29) is 35.8 Å². The van der Waals surface area contributed by atoms with E-state index < -0.39 is 28.8 Å². The van der Waals surface area contributed by atoms with Crippen LogP contribution >= 0.6 is 0 Å². The molecule has 4 bridgehead atoms. The van der Waals surface area contributed by atoms with Gasteiger partial charge in [-0.1, -0.05) is 6.08 Å². The summed E-state index contributed by atoms with van der Waals surface area (Å²) in [5.74, 6) is -0.289. The van der Waals surface area contributed by atoms with Crippen LogP contribution in [0, 0.1) is 28.6 Å². The first kappa shape index (κ1) is 23.8. The van der Waals surface area contributed by atoms with E-state index >= 15 is 0 Å². The molecule has 1 aromatic heterocycles. The number of alkyl halides is 3. The van der Waals surface area contributed by atoms with Crippen LogP contribution in [0.15, 0.2) is 12.3 Å². The van der Waals surface area contributed by atoms with Gasteiger partial charge in [-0.15, -0.1) is 0 Å². The average Bonchev–Trinajstić information content (AvgIpc) is 3.18. The normalized spacial score (nSPS) is 31.2. The highest BCUT2D eigenvalue weighted by Crippen LogP contribution is 2.59. The lowest BCUT2D eigenvalue weighted by Gasteiger charge is -2.59. The SMILES string of the molecule is CNC(=O)C(C)(C)/C=C/n1ncc(C(=O)N[C@H]2C3CC4CC2C[C@](CO)(C4)C3)c1C(F)(F)F. The van der Waals surface area contributed by atoms with Crippen molar-refractivity contribution in [3.63, 3.8) is 0 Å². The molecular formula is C23H31F3N4O3. The smallest absolute Gasteiger partial charge is 0.396 e. The molecule has 0 saturated heterocycles. The summed E-state index contributed by atoms with van der Waals surface area (Å²) >= 11 is 0. The second-order valence-corrected chi connectivity index (χ2v) is 10.6. The van der Waals surface area contributed by atoms with E-state index in [2.05, 4.69) is 15.7 Å². The first-order valence-corrected chi connectivity index (χ1v) is 11.4. The van der Waals surface area contributed by atoms with Crippen LogP contribution in [-0.2, 0) is 11.0 Å². The summed E-state index contributed by atoms with van der Waals surface area (Å²) in [6, 6.07) is -0.194. The molecule has 0 radical (unpaired) electrons. The van der Waals surface area contributed by atoms with E-state index in [1.807, 2.05) is 0 Å². The standard InChI is InChI=1S/C23H31F3N4O3/c1-21(2,20(33)27-3)4-5-30-18(23(24,25)26)16(11-28-30)19(32)29-17-14-6-13-7-15(17)10-22(8-13,9-14)12-31/h4-5,11,13-15,17,31H,6-10,12H2,1-3H3,(H,27,33)(H,29,32)/b5-4+/t13?,14?,15?,17-,22-. The highest BCUT2D eigenvalue weighted by Gasteiger charge is 2.55. The van der Waals surface area contributed by atoms with Gasteiger partial charge in [-0.2, -0.15) is 18.3 Å². The molecule has 2 amide bonds. The predicted molar refractivity (Wildman–Crippen MR) is 115 cm³/mol. The number of nitrogens with zero attached hydrogens (tertiary/aromatic N) is 2. The van der Waals surface area contributed by atoms with Crippen LogP contribution in [0.2, 0.25) is 0 Å². The molecule has 10 heteroatoms. The summed E-state index contributed by atoms with van der Waals surface area (Å²) < 4.78 is 42.4. The van der Waals surface area contributed by atoms with E-state index in [0.717, 1.165) is 44.5 Å². The van der Waals surface area contributed by atoms with Crippen molar-refractivity contribution in [1.82, 2.24) is 20.4 Å². The van der Waals surface area contributed by atoms with Crippen molar-refractivity contribution in [3.05, 3.63) is 23.5 Å². The van der Waals surface area contributed by atoms with Gasteiger partial charge in [0.2, 0.25) is 5.91 Å². The molecule has 4 aliphatic rings. The predicted octanol–water partition coefficient (Wildman–Crippen LogP) is 3.06. The minimum Gasteiger partial charge on any atom is -0.396 e. The fourth-order valence-electron chi connectivity index (χ4n) is 6.43. The number of hydrogen-bond donors (Lipinski definition) is 3. The summed E-state index contributed by atoms with van der Waals surface area (Å²) in [4.78, 5) is 25.0. The number of hydrogen-bond acceptors (Lipinski definition) is 4. The minimum absolute atomic E-state index is 0.0951. The molecule has 182 valence electrons. The van der Waals surface area contributed by atoms with E-state index in [4.69, 9.17) is 0 Å². The van der Waals surface area contributed by atoms with E-state index in [1.165, 1.54) is 13.1 Å². The number of rotatable bonds is 6. The van der Waals surface area contributed by atoms with Crippen molar-refractivity contribution in [3.8, 4) is 0 Å². The maximum atomic E-state index is 13.9. The highest BCUT2D eigenvalue weighted by atomic mass is 19.4. The van der Waals surface area contributed by atoms with Gasteiger partial charge in [-0.05, 0) is 69.1 Å². The molecule has 7 nitrogen and oxygen atoms in total. The number of halogens is 3. The van der Waals surface area contributed by atoms with Gasteiger partial charge < -0.3 is 15.7 Å². The molecule has 4 aliphatic carbocycles. The average molecular weight is 469 g/mol. The van der Waals surface area contributed by atoms with Gasteiger partial charge in [0, 0.05) is 25.9 Å². The molecular weight excluding hydrogens is 437 g/mol. The summed E-state index contributed by atoms with van der Waals surface area (Å²) in [6.45, 7) is 3.26. The second kappa shape index (κ2) is 8.14. The zero-order valence-corrected chi connectivity index (χ0v) is 19.1. The fraction of sp³-hybridized carbons (Fsp3) is 0.696. The lowest BCUT2D eigenvalue weighted by atomic mass is 9.48. The van der Waals surface area contributed by atoms with Gasteiger partial charge in [-0.3, -0.25) is 9.59 Å². The minimum atomic E-state index is -4.81.